The summed E-state index contributed by atoms with van der Waals surface area (Å²) in [5.41, 5.74) is 1.27. The average Bonchev–Trinajstić information content (AvgIpc) is 3.13. The molecule has 0 saturated carbocycles. The molecule has 0 aromatic heterocycles. The molecule has 1 heterocycles. The van der Waals surface area contributed by atoms with Crippen molar-refractivity contribution < 1.29 is 27.5 Å². The van der Waals surface area contributed by atoms with Gasteiger partial charge in [-0.05, 0) is 31.2 Å². The number of sulfonamides is 1. The largest absolute Gasteiger partial charge is 0.468 e. The van der Waals surface area contributed by atoms with Gasteiger partial charge in [-0.2, -0.15) is 4.31 Å². The molecule has 28 heavy (non-hydrogen) atoms. The van der Waals surface area contributed by atoms with Gasteiger partial charge in [0.15, 0.2) is 0 Å². The summed E-state index contributed by atoms with van der Waals surface area (Å²) < 4.78 is 37.4. The highest BCUT2D eigenvalue weighted by atomic mass is 32.2. The van der Waals surface area contributed by atoms with Crippen molar-refractivity contribution >= 4 is 22.0 Å². The molecule has 8 heteroatoms. The van der Waals surface area contributed by atoms with Crippen LogP contribution in [0.2, 0.25) is 0 Å². The predicted octanol–water partition coefficient (Wildman–Crippen LogP) is 2.16. The number of hydrogen-bond acceptors (Lipinski definition) is 6. The van der Waals surface area contributed by atoms with Gasteiger partial charge in [-0.15, -0.1) is 0 Å². The van der Waals surface area contributed by atoms with Gasteiger partial charge in [0.1, 0.15) is 12.1 Å². The number of esters is 2. The molecule has 0 aliphatic carbocycles. The number of benzene rings is 2. The zero-order valence-electron chi connectivity index (χ0n) is 15.6. The second-order valence-electron chi connectivity index (χ2n) is 6.56. The highest BCUT2D eigenvalue weighted by molar-refractivity contribution is 7.89. The van der Waals surface area contributed by atoms with Crippen molar-refractivity contribution in [1.82, 2.24) is 4.31 Å². The van der Waals surface area contributed by atoms with Crippen LogP contribution in [0.5, 0.6) is 0 Å². The summed E-state index contributed by atoms with van der Waals surface area (Å²) in [6, 6.07) is 13.7. The molecule has 0 bridgehead atoms. The van der Waals surface area contributed by atoms with Crippen LogP contribution in [0, 0.1) is 6.92 Å². The molecule has 2 aromatic carbocycles. The van der Waals surface area contributed by atoms with E-state index in [1.54, 1.807) is 42.5 Å². The third-order valence-electron chi connectivity index (χ3n) is 4.60. The number of methoxy groups -OCH3 is 1. The van der Waals surface area contributed by atoms with Gasteiger partial charge in [0.05, 0.1) is 24.1 Å². The highest BCUT2D eigenvalue weighted by Crippen LogP contribution is 2.29. The summed E-state index contributed by atoms with van der Waals surface area (Å²) in [6.45, 7) is 1.73. The van der Waals surface area contributed by atoms with Crippen LogP contribution in [0.1, 0.15) is 22.3 Å². The Morgan fingerprint density at radius 3 is 2.29 bits per heavy atom. The van der Waals surface area contributed by atoms with E-state index in [1.165, 1.54) is 19.2 Å². The first-order valence-electron chi connectivity index (χ1n) is 8.75. The predicted molar refractivity (Wildman–Crippen MR) is 101 cm³/mol. The Kier molecular flexibility index (Phi) is 5.81. The molecule has 0 N–H and O–H groups in total. The van der Waals surface area contributed by atoms with Gasteiger partial charge in [0.2, 0.25) is 10.0 Å². The quantitative estimate of drug-likeness (QED) is 0.711. The van der Waals surface area contributed by atoms with Crippen molar-refractivity contribution in [2.75, 3.05) is 13.7 Å². The van der Waals surface area contributed by atoms with Gasteiger partial charge in [-0.25, -0.2) is 13.2 Å². The maximum Gasteiger partial charge on any atom is 0.338 e. The summed E-state index contributed by atoms with van der Waals surface area (Å²) in [4.78, 5) is 24.6. The van der Waals surface area contributed by atoms with E-state index >= 15 is 0 Å². The minimum absolute atomic E-state index is 0.0380. The molecule has 0 amide bonds. The molecule has 7 nitrogen and oxygen atoms in total. The lowest BCUT2D eigenvalue weighted by atomic mass is 10.2. The SMILES string of the molecule is COC(=O)[C@H]1C[C@H](OC(=O)c2ccccc2)CN1S(=O)(=O)c1ccc(C)cc1. The van der Waals surface area contributed by atoms with Crippen LogP contribution >= 0.6 is 0 Å². The molecule has 1 fully saturated rings. The van der Waals surface area contributed by atoms with Crippen LogP contribution in [-0.4, -0.2) is 50.5 Å². The van der Waals surface area contributed by atoms with Crippen molar-refractivity contribution in [3.8, 4) is 0 Å². The van der Waals surface area contributed by atoms with E-state index in [9.17, 15) is 18.0 Å². The Morgan fingerprint density at radius 1 is 1.04 bits per heavy atom. The zero-order valence-corrected chi connectivity index (χ0v) is 16.4. The first-order chi connectivity index (χ1) is 13.3. The van der Waals surface area contributed by atoms with Gasteiger partial charge in [-0.3, -0.25) is 4.79 Å². The van der Waals surface area contributed by atoms with E-state index in [4.69, 9.17) is 9.47 Å². The standard InChI is InChI=1S/C20H21NO6S/c1-14-8-10-17(11-9-14)28(24,25)21-13-16(12-18(21)20(23)26-2)27-19(22)15-6-4-3-5-7-15/h3-11,16,18H,12-13H2,1-2H3/t16-,18+/m0/s1. The van der Waals surface area contributed by atoms with Crippen LogP contribution in [0.3, 0.4) is 0 Å². The van der Waals surface area contributed by atoms with E-state index in [0.717, 1.165) is 9.87 Å². The Labute approximate surface area is 163 Å². The molecule has 2 atom stereocenters. The third-order valence-corrected chi connectivity index (χ3v) is 6.49. The lowest BCUT2D eigenvalue weighted by Crippen LogP contribution is -2.41. The molecular weight excluding hydrogens is 382 g/mol. The molecule has 0 unspecified atom stereocenters. The van der Waals surface area contributed by atoms with Gasteiger partial charge in [-0.1, -0.05) is 35.9 Å². The molecule has 1 aliphatic heterocycles. The molecule has 0 spiro atoms. The van der Waals surface area contributed by atoms with E-state index in [2.05, 4.69) is 0 Å². The average molecular weight is 403 g/mol. The Balaban J connectivity index is 1.84. The van der Waals surface area contributed by atoms with E-state index < -0.39 is 34.1 Å². The lowest BCUT2D eigenvalue weighted by Gasteiger charge is -2.21. The molecule has 1 aliphatic rings. The third kappa shape index (κ3) is 4.07. The zero-order chi connectivity index (χ0) is 20.3. The van der Waals surface area contributed by atoms with E-state index in [0.29, 0.717) is 5.56 Å². The van der Waals surface area contributed by atoms with Crippen molar-refractivity contribution in [3.05, 3.63) is 65.7 Å². The molecular formula is C20H21NO6S. The number of carbonyl (C=O) groups excluding carboxylic acids is 2. The summed E-state index contributed by atoms with van der Waals surface area (Å²) >= 11 is 0. The Bertz CT molecular complexity index is 956. The van der Waals surface area contributed by atoms with Crippen molar-refractivity contribution in [2.45, 2.75) is 30.4 Å². The topological polar surface area (TPSA) is 90.0 Å². The maximum absolute atomic E-state index is 13.1. The molecule has 2 aromatic rings. The van der Waals surface area contributed by atoms with Gasteiger partial charge in [0.25, 0.3) is 0 Å². The smallest absolute Gasteiger partial charge is 0.338 e. The summed E-state index contributed by atoms with van der Waals surface area (Å²) in [5.74, 6) is -1.25. The van der Waals surface area contributed by atoms with E-state index in [-0.39, 0.29) is 17.9 Å². The van der Waals surface area contributed by atoms with Crippen LogP contribution in [0.15, 0.2) is 59.5 Å². The number of aryl methyl sites for hydroxylation is 1. The minimum Gasteiger partial charge on any atom is -0.468 e. The molecule has 148 valence electrons. The first-order valence-corrected chi connectivity index (χ1v) is 10.2. The van der Waals surface area contributed by atoms with Gasteiger partial charge >= 0.3 is 11.9 Å². The normalized spacial score (nSPS) is 19.9. The number of nitrogens with zero attached hydrogens (tertiary/aromatic N) is 1. The minimum atomic E-state index is -3.95. The molecule has 3 rings (SSSR count). The number of carbonyl (C=O) groups is 2. The summed E-state index contributed by atoms with van der Waals surface area (Å²) in [5, 5.41) is 0. The second kappa shape index (κ2) is 8.12. The molecule has 0 radical (unpaired) electrons. The van der Waals surface area contributed by atoms with Gasteiger partial charge in [0, 0.05) is 6.42 Å². The molecule has 1 saturated heterocycles. The highest BCUT2D eigenvalue weighted by Gasteiger charge is 2.46. The van der Waals surface area contributed by atoms with Crippen LogP contribution in [-0.2, 0) is 24.3 Å². The summed E-state index contributed by atoms with van der Waals surface area (Å²) in [6.07, 6.45) is -0.715. The number of rotatable bonds is 5. The number of ether oxygens (including phenoxy) is 2. The van der Waals surface area contributed by atoms with E-state index in [1.807, 2.05) is 6.92 Å². The monoisotopic (exact) mass is 403 g/mol. The van der Waals surface area contributed by atoms with Crippen molar-refractivity contribution in [1.29, 1.82) is 0 Å². The lowest BCUT2D eigenvalue weighted by molar-refractivity contribution is -0.144. The van der Waals surface area contributed by atoms with Crippen molar-refractivity contribution in [2.24, 2.45) is 0 Å². The fraction of sp³-hybridized carbons (Fsp3) is 0.300. The van der Waals surface area contributed by atoms with Crippen LogP contribution in [0.25, 0.3) is 0 Å². The fourth-order valence-corrected chi connectivity index (χ4v) is 4.73. The second-order valence-corrected chi connectivity index (χ2v) is 8.45. The summed E-state index contributed by atoms with van der Waals surface area (Å²) in [7, 11) is -2.76. The first kappa shape index (κ1) is 20.0. The van der Waals surface area contributed by atoms with Crippen LogP contribution < -0.4 is 0 Å². The fourth-order valence-electron chi connectivity index (χ4n) is 3.11. The Morgan fingerprint density at radius 2 is 1.68 bits per heavy atom. The van der Waals surface area contributed by atoms with Crippen LogP contribution in [0.4, 0.5) is 0 Å². The van der Waals surface area contributed by atoms with Gasteiger partial charge < -0.3 is 9.47 Å². The maximum atomic E-state index is 13.1. The number of hydrogen-bond donors (Lipinski definition) is 0. The Hall–Kier alpha value is -2.71. The van der Waals surface area contributed by atoms with Crippen molar-refractivity contribution in [3.63, 3.8) is 0 Å².